The summed E-state index contributed by atoms with van der Waals surface area (Å²) in [6, 6.07) is 41.0. The lowest BCUT2D eigenvalue weighted by atomic mass is 9.94. The van der Waals surface area contributed by atoms with Gasteiger partial charge in [0.2, 0.25) is 0 Å². The van der Waals surface area contributed by atoms with Crippen molar-refractivity contribution in [2.75, 3.05) is 0 Å². The summed E-state index contributed by atoms with van der Waals surface area (Å²) in [5.41, 5.74) is 5.20. The van der Waals surface area contributed by atoms with E-state index in [1.807, 2.05) is 22.7 Å². The fourth-order valence-electron chi connectivity index (χ4n) is 5.96. The number of thiophene rings is 2. The van der Waals surface area contributed by atoms with E-state index in [0.717, 1.165) is 0 Å². The van der Waals surface area contributed by atoms with Crippen molar-refractivity contribution in [3.63, 3.8) is 0 Å². The van der Waals surface area contributed by atoms with E-state index in [1.54, 1.807) is 0 Å². The summed E-state index contributed by atoms with van der Waals surface area (Å²) in [5.74, 6) is 0. The molecular formula is C36H24S2. The maximum absolute atomic E-state index is 2.38. The van der Waals surface area contributed by atoms with Gasteiger partial charge in [0.25, 0.3) is 0 Å². The standard InChI is InChI=1S/C36H24S2/c1-21-5-3-7-23(17-21)35-19-31-29-11-9-26-25(27(29)13-15-33(31)37-35)10-12-30-28(26)14-16-34-32(30)20-36(38-34)24-8-4-6-22(2)18-24/h3-20H,1-2H3. The van der Waals surface area contributed by atoms with Crippen LogP contribution in [-0.4, -0.2) is 0 Å². The predicted molar refractivity (Wildman–Crippen MR) is 170 cm³/mol. The third-order valence-corrected chi connectivity index (χ3v) is 10.1. The van der Waals surface area contributed by atoms with Crippen LogP contribution < -0.4 is 0 Å². The van der Waals surface area contributed by atoms with Gasteiger partial charge in [0, 0.05) is 29.9 Å². The average Bonchev–Trinajstić information content (AvgIpc) is 3.57. The van der Waals surface area contributed by atoms with Crippen molar-refractivity contribution < 1.29 is 0 Å². The molecule has 0 amide bonds. The zero-order valence-electron chi connectivity index (χ0n) is 21.2. The molecule has 0 spiro atoms. The van der Waals surface area contributed by atoms with Crippen LogP contribution >= 0.6 is 22.7 Å². The van der Waals surface area contributed by atoms with Gasteiger partial charge in [-0.15, -0.1) is 22.7 Å². The summed E-state index contributed by atoms with van der Waals surface area (Å²) in [4.78, 5) is 2.66. The van der Waals surface area contributed by atoms with Gasteiger partial charge >= 0.3 is 0 Å². The molecule has 0 aliphatic carbocycles. The molecule has 2 heterocycles. The van der Waals surface area contributed by atoms with Crippen LogP contribution in [0.4, 0.5) is 0 Å². The predicted octanol–water partition coefficient (Wildman–Crippen LogP) is 11.5. The van der Waals surface area contributed by atoms with E-state index in [1.165, 1.54) is 84.5 Å². The summed E-state index contributed by atoms with van der Waals surface area (Å²) >= 11 is 3.77. The van der Waals surface area contributed by atoms with Crippen LogP contribution in [-0.2, 0) is 0 Å². The second kappa shape index (κ2) is 8.26. The molecule has 0 fully saturated rings. The third kappa shape index (κ3) is 3.34. The van der Waals surface area contributed by atoms with E-state index in [-0.39, 0.29) is 0 Å². The molecule has 0 aliphatic heterocycles. The van der Waals surface area contributed by atoms with Crippen molar-refractivity contribution in [1.29, 1.82) is 0 Å². The van der Waals surface area contributed by atoms with Gasteiger partial charge in [-0.3, -0.25) is 0 Å². The molecule has 0 unspecified atom stereocenters. The van der Waals surface area contributed by atoms with Gasteiger partial charge in [0.15, 0.2) is 0 Å². The molecule has 0 aliphatic rings. The summed E-state index contributed by atoms with van der Waals surface area (Å²) in [7, 11) is 0. The number of hydrogen-bond donors (Lipinski definition) is 0. The van der Waals surface area contributed by atoms with Crippen LogP contribution in [0.5, 0.6) is 0 Å². The van der Waals surface area contributed by atoms with E-state index in [9.17, 15) is 0 Å². The Kier molecular flexibility index (Phi) is 4.79. The van der Waals surface area contributed by atoms with E-state index in [2.05, 4.69) is 123 Å². The van der Waals surface area contributed by atoms with E-state index in [0.29, 0.717) is 0 Å². The molecule has 38 heavy (non-hydrogen) atoms. The number of aryl methyl sites for hydroxylation is 2. The van der Waals surface area contributed by atoms with Crippen LogP contribution in [0, 0.1) is 13.8 Å². The van der Waals surface area contributed by atoms with Crippen molar-refractivity contribution >= 4 is 75.2 Å². The summed E-state index contributed by atoms with van der Waals surface area (Å²) < 4.78 is 2.69. The molecule has 0 saturated heterocycles. The lowest BCUT2D eigenvalue weighted by Gasteiger charge is -2.09. The van der Waals surface area contributed by atoms with E-state index in [4.69, 9.17) is 0 Å². The molecule has 180 valence electrons. The summed E-state index contributed by atoms with van der Waals surface area (Å²) in [6.07, 6.45) is 0. The first kappa shape index (κ1) is 22.0. The van der Waals surface area contributed by atoms with Gasteiger partial charge < -0.3 is 0 Å². The van der Waals surface area contributed by atoms with Crippen LogP contribution in [0.25, 0.3) is 73.4 Å². The lowest BCUT2D eigenvalue weighted by molar-refractivity contribution is 1.48. The second-order valence-electron chi connectivity index (χ2n) is 10.3. The first-order valence-electron chi connectivity index (χ1n) is 13.0. The average molecular weight is 521 g/mol. The number of hydrogen-bond acceptors (Lipinski definition) is 2. The highest BCUT2D eigenvalue weighted by Gasteiger charge is 2.13. The first-order valence-corrected chi connectivity index (χ1v) is 14.6. The highest BCUT2D eigenvalue weighted by atomic mass is 32.1. The van der Waals surface area contributed by atoms with Gasteiger partial charge in [-0.2, -0.15) is 0 Å². The molecular weight excluding hydrogens is 497 g/mol. The number of rotatable bonds is 2. The van der Waals surface area contributed by atoms with Gasteiger partial charge in [0.05, 0.1) is 0 Å². The Balaban J connectivity index is 1.33. The fraction of sp³-hybridized carbons (Fsp3) is 0.0556. The molecule has 0 N–H and O–H groups in total. The van der Waals surface area contributed by atoms with Crippen LogP contribution in [0.15, 0.2) is 109 Å². The van der Waals surface area contributed by atoms with Crippen LogP contribution in [0.3, 0.4) is 0 Å². The highest BCUT2D eigenvalue weighted by molar-refractivity contribution is 7.22. The molecule has 8 aromatic rings. The molecule has 0 bridgehead atoms. The monoisotopic (exact) mass is 520 g/mol. The number of benzene rings is 6. The Morgan fingerprint density at radius 2 is 0.737 bits per heavy atom. The zero-order chi connectivity index (χ0) is 25.4. The van der Waals surface area contributed by atoms with Crippen molar-refractivity contribution in [1.82, 2.24) is 0 Å². The maximum atomic E-state index is 2.38. The minimum Gasteiger partial charge on any atom is -0.135 e. The molecule has 0 nitrogen and oxygen atoms in total. The van der Waals surface area contributed by atoms with Gasteiger partial charge in [-0.05, 0) is 81.6 Å². The molecule has 0 radical (unpaired) electrons. The van der Waals surface area contributed by atoms with E-state index < -0.39 is 0 Å². The topological polar surface area (TPSA) is 0 Å². The van der Waals surface area contributed by atoms with Gasteiger partial charge in [0.1, 0.15) is 0 Å². The van der Waals surface area contributed by atoms with Gasteiger partial charge in [-0.1, -0.05) is 96.1 Å². The van der Waals surface area contributed by atoms with Crippen molar-refractivity contribution in [2.45, 2.75) is 13.8 Å². The summed E-state index contributed by atoms with van der Waals surface area (Å²) in [6.45, 7) is 4.33. The smallest absolute Gasteiger partial charge is 0.0355 e. The largest absolute Gasteiger partial charge is 0.135 e. The molecule has 0 saturated carbocycles. The Morgan fingerprint density at radius 3 is 1.13 bits per heavy atom. The molecule has 0 atom stereocenters. The van der Waals surface area contributed by atoms with E-state index >= 15 is 0 Å². The second-order valence-corrected chi connectivity index (χ2v) is 12.5. The third-order valence-electron chi connectivity index (χ3n) is 7.79. The van der Waals surface area contributed by atoms with Crippen molar-refractivity contribution in [2.24, 2.45) is 0 Å². The molecule has 6 aromatic carbocycles. The van der Waals surface area contributed by atoms with Crippen molar-refractivity contribution in [3.05, 3.63) is 120 Å². The zero-order valence-corrected chi connectivity index (χ0v) is 22.8. The fourth-order valence-corrected chi connectivity index (χ4v) is 8.11. The number of fused-ring (bicyclic) bond motifs is 9. The van der Waals surface area contributed by atoms with Crippen molar-refractivity contribution in [3.8, 4) is 20.9 Å². The SMILES string of the molecule is Cc1cccc(-c2cc3c(ccc4c3ccc3c5ccc6sc(-c7cccc(C)c7)cc6c5ccc43)s2)c1. The molecule has 2 aromatic heterocycles. The maximum Gasteiger partial charge on any atom is 0.0355 e. The Bertz CT molecular complexity index is 2050. The van der Waals surface area contributed by atoms with Crippen LogP contribution in [0.2, 0.25) is 0 Å². The normalized spacial score (nSPS) is 11.9. The summed E-state index contributed by atoms with van der Waals surface area (Å²) in [5, 5.41) is 10.7. The Labute approximate surface area is 229 Å². The quantitative estimate of drug-likeness (QED) is 0.199. The minimum absolute atomic E-state index is 1.30. The Hall–Kier alpha value is -3.98. The van der Waals surface area contributed by atoms with Gasteiger partial charge in [-0.25, -0.2) is 0 Å². The lowest BCUT2D eigenvalue weighted by Crippen LogP contribution is -1.82. The first-order chi connectivity index (χ1) is 18.6. The van der Waals surface area contributed by atoms with Crippen LogP contribution in [0.1, 0.15) is 11.1 Å². The minimum atomic E-state index is 1.30. The Morgan fingerprint density at radius 1 is 0.368 bits per heavy atom. The molecule has 2 heteroatoms. The molecule has 8 rings (SSSR count). The highest BCUT2D eigenvalue weighted by Crippen LogP contribution is 2.43.